The molecule has 4 nitrogen and oxygen atoms in total. The molecule has 6 heteroatoms. The van der Waals surface area contributed by atoms with Gasteiger partial charge in [0.25, 0.3) is 5.91 Å². The second-order valence-electron chi connectivity index (χ2n) is 7.08. The quantitative estimate of drug-likeness (QED) is 0.196. The molecule has 3 aromatic rings. The van der Waals surface area contributed by atoms with Crippen LogP contribution >= 0.6 is 38.5 Å². The van der Waals surface area contributed by atoms with E-state index in [0.29, 0.717) is 12.3 Å². The summed E-state index contributed by atoms with van der Waals surface area (Å²) < 4.78 is 7.63. The number of carbonyl (C=O) groups is 1. The Morgan fingerprint density at radius 3 is 2.52 bits per heavy atom. The molecule has 1 amide bonds. The molecule has 0 aromatic heterocycles. The van der Waals surface area contributed by atoms with Crippen molar-refractivity contribution >= 4 is 56.2 Å². The number of aryl methyl sites for hydroxylation is 2. The minimum Gasteiger partial charge on any atom is -0.487 e. The van der Waals surface area contributed by atoms with Crippen LogP contribution in [0.25, 0.3) is 6.08 Å². The first-order valence-electron chi connectivity index (χ1n) is 9.53. The highest BCUT2D eigenvalue weighted by Crippen LogP contribution is 2.33. The number of benzene rings is 3. The van der Waals surface area contributed by atoms with Gasteiger partial charge in [0.05, 0.1) is 8.04 Å². The van der Waals surface area contributed by atoms with Gasteiger partial charge in [-0.2, -0.15) is 5.26 Å². The number of amides is 1. The van der Waals surface area contributed by atoms with E-state index >= 15 is 0 Å². The molecule has 0 spiro atoms. The fourth-order valence-corrected chi connectivity index (χ4v) is 4.65. The number of hydrogen-bond donors (Lipinski definition) is 1. The second kappa shape index (κ2) is 10.6. The second-order valence-corrected chi connectivity index (χ2v) is 9.10. The first kappa shape index (κ1) is 23.0. The summed E-state index contributed by atoms with van der Waals surface area (Å²) in [7, 11) is 0. The van der Waals surface area contributed by atoms with E-state index in [0.717, 1.165) is 30.5 Å². The lowest BCUT2D eigenvalue weighted by atomic mass is 10.1. The highest BCUT2D eigenvalue weighted by atomic mass is 127. The van der Waals surface area contributed by atoms with Gasteiger partial charge in [-0.15, -0.1) is 0 Å². The van der Waals surface area contributed by atoms with Crippen molar-refractivity contribution in [3.8, 4) is 11.8 Å². The zero-order valence-corrected chi connectivity index (χ0v) is 20.8. The van der Waals surface area contributed by atoms with Crippen LogP contribution in [0.2, 0.25) is 0 Å². The highest BCUT2D eigenvalue weighted by molar-refractivity contribution is 14.1. The van der Waals surface area contributed by atoms with Crippen molar-refractivity contribution < 1.29 is 9.53 Å². The Morgan fingerprint density at radius 2 is 1.87 bits per heavy atom. The lowest BCUT2D eigenvalue weighted by molar-refractivity contribution is -0.112. The molecule has 3 aromatic carbocycles. The van der Waals surface area contributed by atoms with E-state index in [1.807, 2.05) is 62.4 Å². The van der Waals surface area contributed by atoms with Crippen LogP contribution < -0.4 is 10.1 Å². The average Bonchev–Trinajstić information content (AvgIpc) is 2.72. The zero-order valence-electron chi connectivity index (χ0n) is 17.1. The predicted molar refractivity (Wildman–Crippen MR) is 136 cm³/mol. The molecule has 0 heterocycles. The van der Waals surface area contributed by atoms with Gasteiger partial charge in [-0.05, 0) is 99.4 Å². The van der Waals surface area contributed by atoms with Crippen LogP contribution in [0.15, 0.2) is 70.7 Å². The normalized spacial score (nSPS) is 11.0. The smallest absolute Gasteiger partial charge is 0.266 e. The van der Waals surface area contributed by atoms with E-state index in [1.165, 1.54) is 5.56 Å². The molecule has 0 aliphatic heterocycles. The van der Waals surface area contributed by atoms with Crippen molar-refractivity contribution in [2.24, 2.45) is 0 Å². The van der Waals surface area contributed by atoms with Crippen molar-refractivity contribution in [3.05, 3.63) is 96.5 Å². The largest absolute Gasteiger partial charge is 0.487 e. The summed E-state index contributed by atoms with van der Waals surface area (Å²) in [6.45, 7) is 4.44. The summed E-state index contributed by atoms with van der Waals surface area (Å²) >= 11 is 5.74. The van der Waals surface area contributed by atoms with Crippen LogP contribution in [0.3, 0.4) is 0 Å². The lowest BCUT2D eigenvalue weighted by Crippen LogP contribution is -2.13. The molecule has 1 N–H and O–H groups in total. The first-order chi connectivity index (χ1) is 14.9. The van der Waals surface area contributed by atoms with Crippen molar-refractivity contribution in [2.75, 3.05) is 5.32 Å². The standard InChI is InChI=1S/C25H20BrIN2O2/c1-16-6-8-18(9-7-16)15-31-24-22(26)12-19(13-23(24)27)11-20(14-28)25(30)29-21-5-3-4-17(2)10-21/h3-13H,15H2,1-2H3,(H,29,30)/b20-11-. The summed E-state index contributed by atoms with van der Waals surface area (Å²) in [4.78, 5) is 12.5. The zero-order chi connectivity index (χ0) is 22.4. The molecule has 0 radical (unpaired) electrons. The molecule has 0 bridgehead atoms. The van der Waals surface area contributed by atoms with Crippen LogP contribution in [-0.4, -0.2) is 5.91 Å². The Morgan fingerprint density at radius 1 is 1.13 bits per heavy atom. The third kappa shape index (κ3) is 6.42. The molecule has 0 saturated heterocycles. The van der Waals surface area contributed by atoms with Gasteiger partial charge >= 0.3 is 0 Å². The number of nitrogens with zero attached hydrogens (tertiary/aromatic N) is 1. The number of hydrogen-bond acceptors (Lipinski definition) is 3. The van der Waals surface area contributed by atoms with Crippen LogP contribution in [0.1, 0.15) is 22.3 Å². The Hall–Kier alpha value is -2.63. The van der Waals surface area contributed by atoms with Gasteiger partial charge < -0.3 is 10.1 Å². The Bertz CT molecular complexity index is 1160. The summed E-state index contributed by atoms with van der Waals surface area (Å²) in [6, 6.07) is 21.3. The van der Waals surface area contributed by atoms with Crippen molar-refractivity contribution in [1.29, 1.82) is 5.26 Å². The molecule has 156 valence electrons. The number of ether oxygens (including phenoxy) is 1. The highest BCUT2D eigenvalue weighted by Gasteiger charge is 2.13. The number of anilines is 1. The van der Waals surface area contributed by atoms with E-state index in [2.05, 4.69) is 56.0 Å². The molecule has 0 fully saturated rings. The number of rotatable bonds is 6. The molecule has 0 unspecified atom stereocenters. The summed E-state index contributed by atoms with van der Waals surface area (Å²) in [5.41, 5.74) is 4.72. The molecule has 3 rings (SSSR count). The Labute approximate surface area is 204 Å². The fraction of sp³-hybridized carbons (Fsp3) is 0.120. The van der Waals surface area contributed by atoms with Crippen molar-refractivity contribution in [2.45, 2.75) is 20.5 Å². The maximum absolute atomic E-state index is 12.5. The SMILES string of the molecule is Cc1ccc(COc2c(Br)cc(/C=C(/C#N)C(=O)Nc3cccc(C)c3)cc2I)cc1. The molecule has 0 aliphatic rings. The summed E-state index contributed by atoms with van der Waals surface area (Å²) in [5.74, 6) is 0.278. The molecule has 31 heavy (non-hydrogen) atoms. The number of nitriles is 1. The summed E-state index contributed by atoms with van der Waals surface area (Å²) in [6.07, 6.45) is 1.57. The molecular formula is C25H20BrIN2O2. The van der Waals surface area contributed by atoms with Gasteiger partial charge in [-0.1, -0.05) is 42.0 Å². The third-order valence-electron chi connectivity index (χ3n) is 4.48. The minimum atomic E-state index is -0.445. The molecular weight excluding hydrogens is 567 g/mol. The van der Waals surface area contributed by atoms with Gasteiger partial charge in [0.1, 0.15) is 24.0 Å². The predicted octanol–water partition coefficient (Wildman–Crippen LogP) is 6.80. The Balaban J connectivity index is 1.76. The summed E-state index contributed by atoms with van der Waals surface area (Å²) in [5, 5.41) is 12.3. The molecule has 0 atom stereocenters. The van der Waals surface area contributed by atoms with Crippen molar-refractivity contribution in [1.82, 2.24) is 0 Å². The number of nitrogens with one attached hydrogen (secondary N) is 1. The monoisotopic (exact) mass is 586 g/mol. The Kier molecular flexibility index (Phi) is 7.88. The van der Waals surface area contributed by atoms with E-state index in [-0.39, 0.29) is 5.57 Å². The fourth-order valence-electron chi connectivity index (χ4n) is 2.88. The number of halogens is 2. The van der Waals surface area contributed by atoms with E-state index < -0.39 is 5.91 Å². The van der Waals surface area contributed by atoms with Gasteiger partial charge in [-0.25, -0.2) is 0 Å². The van der Waals surface area contributed by atoms with Crippen LogP contribution in [0.4, 0.5) is 5.69 Å². The first-order valence-corrected chi connectivity index (χ1v) is 11.4. The van der Waals surface area contributed by atoms with Gasteiger partial charge in [0.2, 0.25) is 0 Å². The maximum Gasteiger partial charge on any atom is 0.266 e. The van der Waals surface area contributed by atoms with Crippen molar-refractivity contribution in [3.63, 3.8) is 0 Å². The lowest BCUT2D eigenvalue weighted by Gasteiger charge is -2.12. The third-order valence-corrected chi connectivity index (χ3v) is 5.87. The van der Waals surface area contributed by atoms with E-state index in [1.54, 1.807) is 12.1 Å². The van der Waals surface area contributed by atoms with E-state index in [9.17, 15) is 10.1 Å². The average molecular weight is 587 g/mol. The topological polar surface area (TPSA) is 62.1 Å². The van der Waals surface area contributed by atoms with E-state index in [4.69, 9.17) is 4.74 Å². The van der Waals surface area contributed by atoms with Gasteiger partial charge in [-0.3, -0.25) is 4.79 Å². The van der Waals surface area contributed by atoms with Crippen LogP contribution in [0.5, 0.6) is 5.75 Å². The number of carbonyl (C=O) groups excluding carboxylic acids is 1. The van der Waals surface area contributed by atoms with Crippen LogP contribution in [0, 0.1) is 28.7 Å². The maximum atomic E-state index is 12.5. The van der Waals surface area contributed by atoms with Gasteiger partial charge in [0.15, 0.2) is 0 Å². The molecule has 0 aliphatic carbocycles. The minimum absolute atomic E-state index is 0.0255. The van der Waals surface area contributed by atoms with Gasteiger partial charge in [0, 0.05) is 5.69 Å². The van der Waals surface area contributed by atoms with Crippen LogP contribution in [-0.2, 0) is 11.4 Å². The molecule has 0 saturated carbocycles.